The molecule has 0 aromatic rings. The largest absolute Gasteiger partial charge is 0.386 e. The third kappa shape index (κ3) is 5.15. The number of hydrogen-bond donors (Lipinski definition) is 3. The minimum atomic E-state index is -0.670. The van der Waals surface area contributed by atoms with Crippen LogP contribution >= 0.6 is 0 Å². The molecule has 0 amide bonds. The van der Waals surface area contributed by atoms with Crippen molar-refractivity contribution in [2.75, 3.05) is 33.4 Å². The lowest BCUT2D eigenvalue weighted by molar-refractivity contribution is -0.0136. The van der Waals surface area contributed by atoms with E-state index < -0.39 is 5.60 Å². The Morgan fingerprint density at radius 1 is 1.55 bits per heavy atom. The van der Waals surface area contributed by atoms with E-state index in [1.54, 1.807) is 6.92 Å². The lowest BCUT2D eigenvalue weighted by Crippen LogP contribution is -2.38. The molecule has 1 unspecified atom stereocenters. The molecule has 0 bridgehead atoms. The topological polar surface area (TPSA) is 67.5 Å². The van der Waals surface area contributed by atoms with Crippen molar-refractivity contribution in [2.24, 2.45) is 5.73 Å². The van der Waals surface area contributed by atoms with Crippen molar-refractivity contribution in [3.8, 4) is 0 Å². The number of ether oxygens (including phenoxy) is 1. The Morgan fingerprint density at radius 2 is 2.18 bits per heavy atom. The Labute approximate surface area is 67.7 Å². The molecule has 0 spiro atoms. The average molecular weight is 162 g/mol. The molecule has 0 aliphatic carbocycles. The number of rotatable bonds is 0. The fourth-order valence-corrected chi connectivity index (χ4v) is 0.845. The van der Waals surface area contributed by atoms with Crippen molar-refractivity contribution in [1.29, 1.82) is 0 Å². The van der Waals surface area contributed by atoms with Gasteiger partial charge in [0.1, 0.15) is 0 Å². The summed E-state index contributed by atoms with van der Waals surface area (Å²) in [5, 5.41) is 12.4. The van der Waals surface area contributed by atoms with Crippen LogP contribution < -0.4 is 11.1 Å². The molecule has 1 aliphatic heterocycles. The first-order chi connectivity index (χ1) is 5.21. The van der Waals surface area contributed by atoms with Crippen molar-refractivity contribution < 1.29 is 9.84 Å². The van der Waals surface area contributed by atoms with Crippen LogP contribution in [0, 0.1) is 0 Å². The van der Waals surface area contributed by atoms with Gasteiger partial charge in [-0.3, -0.25) is 0 Å². The number of β-amino-alcohol motifs (C(OH)–C–C–N with tert-alkyl or cyclic N) is 1. The second kappa shape index (κ2) is 5.49. The number of nitrogens with two attached hydrogens (primary N) is 1. The highest BCUT2D eigenvalue weighted by molar-refractivity contribution is 4.76. The quantitative estimate of drug-likeness (QED) is 0.424. The summed E-state index contributed by atoms with van der Waals surface area (Å²) >= 11 is 0. The second-order valence-corrected chi connectivity index (χ2v) is 2.73. The zero-order valence-corrected chi connectivity index (χ0v) is 7.26. The number of nitrogens with one attached hydrogen (secondary N) is 1. The van der Waals surface area contributed by atoms with Crippen molar-refractivity contribution in [3.63, 3.8) is 0 Å². The highest BCUT2D eigenvalue weighted by atomic mass is 16.5. The van der Waals surface area contributed by atoms with Crippen molar-refractivity contribution >= 4 is 0 Å². The first-order valence-corrected chi connectivity index (χ1v) is 3.79. The summed E-state index contributed by atoms with van der Waals surface area (Å²) < 4.78 is 5.10. The Hall–Kier alpha value is -0.160. The van der Waals surface area contributed by atoms with Gasteiger partial charge in [-0.05, 0) is 14.0 Å². The van der Waals surface area contributed by atoms with E-state index in [4.69, 9.17) is 4.74 Å². The predicted octanol–water partition coefficient (Wildman–Crippen LogP) is -1.07. The van der Waals surface area contributed by atoms with Gasteiger partial charge in [-0.15, -0.1) is 0 Å². The zero-order chi connectivity index (χ0) is 8.74. The van der Waals surface area contributed by atoms with E-state index in [2.05, 4.69) is 11.1 Å². The molecule has 0 radical (unpaired) electrons. The molecule has 0 aromatic carbocycles. The molecule has 11 heavy (non-hydrogen) atoms. The molecule has 1 saturated heterocycles. The molecular formula is C7H18N2O2. The van der Waals surface area contributed by atoms with Crippen LogP contribution in [0.25, 0.3) is 0 Å². The maximum atomic E-state index is 9.37. The summed E-state index contributed by atoms with van der Waals surface area (Å²) in [5.41, 5.74) is 3.83. The molecule has 0 saturated carbocycles. The van der Waals surface area contributed by atoms with Crippen LogP contribution in [0.2, 0.25) is 0 Å². The van der Waals surface area contributed by atoms with Gasteiger partial charge in [0.2, 0.25) is 0 Å². The van der Waals surface area contributed by atoms with Gasteiger partial charge >= 0.3 is 0 Å². The molecule has 0 aromatic heterocycles. The Bertz CT molecular complexity index is 86.4. The smallest absolute Gasteiger partial charge is 0.0975 e. The molecule has 4 heteroatoms. The summed E-state index contributed by atoms with van der Waals surface area (Å²) in [5.74, 6) is 0. The molecule has 68 valence electrons. The van der Waals surface area contributed by atoms with E-state index in [-0.39, 0.29) is 0 Å². The molecule has 1 atom stereocenters. The van der Waals surface area contributed by atoms with Gasteiger partial charge in [-0.25, -0.2) is 0 Å². The third-order valence-electron chi connectivity index (χ3n) is 1.34. The average Bonchev–Trinajstić information content (AvgIpc) is 2.17. The molecule has 1 heterocycles. The summed E-state index contributed by atoms with van der Waals surface area (Å²) in [6, 6.07) is 0. The fourth-order valence-electron chi connectivity index (χ4n) is 0.845. The summed E-state index contributed by atoms with van der Waals surface area (Å²) in [6.07, 6.45) is 0. The minimum absolute atomic E-state index is 0.444. The Balaban J connectivity index is 0.000000461. The van der Waals surface area contributed by atoms with Crippen LogP contribution in [-0.2, 0) is 4.74 Å². The van der Waals surface area contributed by atoms with Crippen LogP contribution in [0.1, 0.15) is 6.92 Å². The zero-order valence-electron chi connectivity index (χ0n) is 7.26. The predicted molar refractivity (Wildman–Crippen MR) is 44.4 cm³/mol. The summed E-state index contributed by atoms with van der Waals surface area (Å²) in [4.78, 5) is 0. The normalized spacial score (nSPS) is 31.6. The van der Waals surface area contributed by atoms with Gasteiger partial charge in [0, 0.05) is 13.1 Å². The monoisotopic (exact) mass is 162 g/mol. The maximum absolute atomic E-state index is 9.37. The van der Waals surface area contributed by atoms with E-state index in [1.807, 2.05) is 0 Å². The van der Waals surface area contributed by atoms with Crippen molar-refractivity contribution in [2.45, 2.75) is 12.5 Å². The highest BCUT2D eigenvalue weighted by Crippen LogP contribution is 2.03. The van der Waals surface area contributed by atoms with Crippen LogP contribution in [0.4, 0.5) is 0 Å². The van der Waals surface area contributed by atoms with Crippen molar-refractivity contribution in [3.05, 3.63) is 0 Å². The number of aliphatic hydroxyl groups is 1. The molecule has 4 nitrogen and oxygen atoms in total. The molecule has 1 aliphatic rings. The lowest BCUT2D eigenvalue weighted by atomic mass is 10.1. The Kier molecular flexibility index (Phi) is 5.41. The number of hydrogen-bond acceptors (Lipinski definition) is 4. The van der Waals surface area contributed by atoms with Gasteiger partial charge in [0.05, 0.1) is 18.8 Å². The van der Waals surface area contributed by atoms with Gasteiger partial charge in [0.25, 0.3) is 0 Å². The third-order valence-corrected chi connectivity index (χ3v) is 1.34. The Morgan fingerprint density at radius 3 is 2.82 bits per heavy atom. The molecular weight excluding hydrogens is 144 g/mol. The van der Waals surface area contributed by atoms with E-state index in [1.165, 1.54) is 7.05 Å². The summed E-state index contributed by atoms with van der Waals surface area (Å²) in [6.45, 7) is 4.39. The first-order valence-electron chi connectivity index (χ1n) is 3.79. The highest BCUT2D eigenvalue weighted by Gasteiger charge is 2.21. The van der Waals surface area contributed by atoms with Crippen LogP contribution in [0.5, 0.6) is 0 Å². The van der Waals surface area contributed by atoms with E-state index in [0.29, 0.717) is 19.8 Å². The molecule has 1 rings (SSSR count). The van der Waals surface area contributed by atoms with Gasteiger partial charge < -0.3 is 20.9 Å². The van der Waals surface area contributed by atoms with Crippen LogP contribution in [0.15, 0.2) is 0 Å². The lowest BCUT2D eigenvalue weighted by Gasteiger charge is -2.18. The fraction of sp³-hybridized carbons (Fsp3) is 1.00. The standard InChI is InChI=1S/C6H13NO2.CH5N/c1-6(8)4-7-2-3-9-5-6;1-2/h7-8H,2-5H2,1H3;2H2,1H3. The van der Waals surface area contributed by atoms with E-state index >= 15 is 0 Å². The van der Waals surface area contributed by atoms with E-state index in [0.717, 1.165) is 6.54 Å². The van der Waals surface area contributed by atoms with Gasteiger partial charge in [-0.1, -0.05) is 0 Å². The maximum Gasteiger partial charge on any atom is 0.0975 e. The van der Waals surface area contributed by atoms with Crippen LogP contribution in [-0.4, -0.2) is 44.1 Å². The van der Waals surface area contributed by atoms with Crippen molar-refractivity contribution in [1.82, 2.24) is 5.32 Å². The van der Waals surface area contributed by atoms with Crippen LogP contribution in [0.3, 0.4) is 0 Å². The second-order valence-electron chi connectivity index (χ2n) is 2.73. The first kappa shape index (κ1) is 10.8. The minimum Gasteiger partial charge on any atom is -0.386 e. The SMILES string of the molecule is CC1(O)CNCCOC1.CN. The van der Waals surface area contributed by atoms with Gasteiger partial charge in [-0.2, -0.15) is 0 Å². The summed E-state index contributed by atoms with van der Waals surface area (Å²) in [7, 11) is 1.50. The molecule has 1 fully saturated rings. The van der Waals surface area contributed by atoms with E-state index in [9.17, 15) is 5.11 Å². The van der Waals surface area contributed by atoms with Gasteiger partial charge in [0.15, 0.2) is 0 Å². The molecule has 4 N–H and O–H groups in total.